The molecular weight excluding hydrogens is 390 g/mol. The first-order valence-electron chi connectivity index (χ1n) is 10.1. The second-order valence-electron chi connectivity index (χ2n) is 7.26. The van der Waals surface area contributed by atoms with Crippen LogP contribution in [0, 0.1) is 0 Å². The summed E-state index contributed by atoms with van der Waals surface area (Å²) in [6.07, 6.45) is 0. The minimum Gasteiger partial charge on any atom is -0.494 e. The fraction of sp³-hybridized carbons (Fsp3) is 0.200. The number of amides is 2. The maximum atomic E-state index is 12.8. The molecule has 0 aliphatic carbocycles. The van der Waals surface area contributed by atoms with E-state index < -0.39 is 0 Å². The molecular formula is C25H27N3O3. The van der Waals surface area contributed by atoms with Gasteiger partial charge >= 0.3 is 0 Å². The smallest absolute Gasteiger partial charge is 0.238 e. The second kappa shape index (κ2) is 10.9. The number of hydrogen-bond acceptors (Lipinski definition) is 4. The standard InChI is InChI=1S/C25H27N3O3/c1-19(29)26-23-14-13-22(15-24(23)31-2)27-25(30)18-28(16-20-9-5-3-6-10-20)17-21-11-7-4-8-12-21/h3-15H,16-18H2,1-2H3,(H,26,29)(H,27,30). The lowest BCUT2D eigenvalue weighted by Crippen LogP contribution is -2.32. The molecule has 2 N–H and O–H groups in total. The van der Waals surface area contributed by atoms with E-state index in [2.05, 4.69) is 39.8 Å². The molecule has 160 valence electrons. The van der Waals surface area contributed by atoms with Gasteiger partial charge in [-0.05, 0) is 23.3 Å². The van der Waals surface area contributed by atoms with Crippen LogP contribution in [0.15, 0.2) is 78.9 Å². The van der Waals surface area contributed by atoms with E-state index in [4.69, 9.17) is 4.74 Å². The molecule has 0 atom stereocenters. The molecule has 6 nitrogen and oxygen atoms in total. The number of carbonyl (C=O) groups excluding carboxylic acids is 2. The summed E-state index contributed by atoms with van der Waals surface area (Å²) >= 11 is 0. The van der Waals surface area contributed by atoms with Crippen molar-refractivity contribution in [3.63, 3.8) is 0 Å². The van der Waals surface area contributed by atoms with Crippen LogP contribution in [0.4, 0.5) is 11.4 Å². The summed E-state index contributed by atoms with van der Waals surface area (Å²) in [7, 11) is 1.52. The zero-order valence-corrected chi connectivity index (χ0v) is 17.8. The molecule has 0 saturated heterocycles. The molecule has 6 heteroatoms. The molecule has 0 bridgehead atoms. The molecule has 2 amide bonds. The molecule has 3 aromatic rings. The van der Waals surface area contributed by atoms with Crippen LogP contribution in [0.5, 0.6) is 5.75 Å². The van der Waals surface area contributed by atoms with Gasteiger partial charge in [0.2, 0.25) is 11.8 Å². The van der Waals surface area contributed by atoms with Gasteiger partial charge in [0.25, 0.3) is 0 Å². The fourth-order valence-corrected chi connectivity index (χ4v) is 3.32. The van der Waals surface area contributed by atoms with E-state index in [-0.39, 0.29) is 18.4 Å². The molecule has 0 aromatic heterocycles. The van der Waals surface area contributed by atoms with E-state index in [1.165, 1.54) is 14.0 Å². The summed E-state index contributed by atoms with van der Waals surface area (Å²) < 4.78 is 5.33. The Hall–Kier alpha value is -3.64. The topological polar surface area (TPSA) is 70.7 Å². The van der Waals surface area contributed by atoms with Gasteiger partial charge in [0.1, 0.15) is 5.75 Å². The van der Waals surface area contributed by atoms with Crippen molar-refractivity contribution in [2.75, 3.05) is 24.3 Å². The molecule has 3 aromatic carbocycles. The van der Waals surface area contributed by atoms with Crippen molar-refractivity contribution >= 4 is 23.2 Å². The summed E-state index contributed by atoms with van der Waals surface area (Å²) in [5.41, 5.74) is 3.46. The second-order valence-corrected chi connectivity index (χ2v) is 7.26. The Morgan fingerprint density at radius 1 is 0.839 bits per heavy atom. The Kier molecular flexibility index (Phi) is 7.79. The number of benzene rings is 3. The molecule has 3 rings (SSSR count). The summed E-state index contributed by atoms with van der Waals surface area (Å²) in [6.45, 7) is 2.99. The summed E-state index contributed by atoms with van der Waals surface area (Å²) in [4.78, 5) is 26.2. The van der Waals surface area contributed by atoms with Crippen LogP contribution in [0.25, 0.3) is 0 Å². The third kappa shape index (κ3) is 6.97. The Morgan fingerprint density at radius 3 is 1.94 bits per heavy atom. The average molecular weight is 418 g/mol. The molecule has 0 aliphatic heterocycles. The van der Waals surface area contributed by atoms with Gasteiger partial charge in [0.05, 0.1) is 19.3 Å². The van der Waals surface area contributed by atoms with E-state index >= 15 is 0 Å². The highest BCUT2D eigenvalue weighted by atomic mass is 16.5. The fourth-order valence-electron chi connectivity index (χ4n) is 3.32. The third-order valence-corrected chi connectivity index (χ3v) is 4.66. The predicted molar refractivity (Wildman–Crippen MR) is 123 cm³/mol. The molecule has 0 spiro atoms. The molecule has 0 saturated carbocycles. The number of nitrogens with one attached hydrogen (secondary N) is 2. The quantitative estimate of drug-likeness (QED) is 0.545. The minimum atomic E-state index is -0.187. The van der Waals surface area contributed by atoms with E-state index in [0.29, 0.717) is 30.2 Å². The van der Waals surface area contributed by atoms with E-state index in [1.807, 2.05) is 36.4 Å². The largest absolute Gasteiger partial charge is 0.494 e. The lowest BCUT2D eigenvalue weighted by atomic mass is 10.1. The lowest BCUT2D eigenvalue weighted by molar-refractivity contribution is -0.117. The molecule has 0 radical (unpaired) electrons. The van der Waals surface area contributed by atoms with Crippen LogP contribution < -0.4 is 15.4 Å². The van der Waals surface area contributed by atoms with Crippen molar-refractivity contribution in [3.8, 4) is 5.75 Å². The van der Waals surface area contributed by atoms with Gasteiger partial charge in [-0.15, -0.1) is 0 Å². The predicted octanol–water partition coefficient (Wildman–Crippen LogP) is 4.29. The number of hydrogen-bond donors (Lipinski definition) is 2. The highest BCUT2D eigenvalue weighted by Crippen LogP contribution is 2.28. The van der Waals surface area contributed by atoms with Crippen molar-refractivity contribution < 1.29 is 14.3 Å². The van der Waals surface area contributed by atoms with Gasteiger partial charge in [0, 0.05) is 31.8 Å². The summed E-state index contributed by atoms with van der Waals surface area (Å²) in [5, 5.41) is 5.63. The monoisotopic (exact) mass is 417 g/mol. The maximum absolute atomic E-state index is 12.8. The van der Waals surface area contributed by atoms with E-state index in [9.17, 15) is 9.59 Å². The first-order chi connectivity index (χ1) is 15.0. The average Bonchev–Trinajstić information content (AvgIpc) is 2.75. The number of ether oxygens (including phenoxy) is 1. The van der Waals surface area contributed by atoms with E-state index in [0.717, 1.165) is 11.1 Å². The first kappa shape index (κ1) is 22.1. The zero-order valence-electron chi connectivity index (χ0n) is 17.8. The van der Waals surface area contributed by atoms with Crippen LogP contribution in [-0.2, 0) is 22.7 Å². The number of nitrogens with zero attached hydrogens (tertiary/aromatic N) is 1. The van der Waals surface area contributed by atoms with Crippen molar-refractivity contribution in [1.82, 2.24) is 4.90 Å². The molecule has 0 fully saturated rings. The molecule has 0 unspecified atom stereocenters. The molecule has 0 heterocycles. The summed E-state index contributed by atoms with van der Waals surface area (Å²) in [6, 6.07) is 25.3. The first-order valence-corrected chi connectivity index (χ1v) is 10.1. The van der Waals surface area contributed by atoms with Crippen molar-refractivity contribution in [2.45, 2.75) is 20.0 Å². The Morgan fingerprint density at radius 2 is 1.42 bits per heavy atom. The van der Waals surface area contributed by atoms with Crippen molar-refractivity contribution in [1.29, 1.82) is 0 Å². The maximum Gasteiger partial charge on any atom is 0.238 e. The van der Waals surface area contributed by atoms with Gasteiger partial charge in [0.15, 0.2) is 0 Å². The zero-order chi connectivity index (χ0) is 22.1. The minimum absolute atomic E-state index is 0.124. The summed E-state index contributed by atoms with van der Waals surface area (Å²) in [5.74, 6) is 0.173. The van der Waals surface area contributed by atoms with Crippen LogP contribution >= 0.6 is 0 Å². The van der Waals surface area contributed by atoms with Crippen LogP contribution in [0.3, 0.4) is 0 Å². The van der Waals surface area contributed by atoms with Gasteiger partial charge in [-0.25, -0.2) is 0 Å². The van der Waals surface area contributed by atoms with E-state index in [1.54, 1.807) is 18.2 Å². The normalized spacial score (nSPS) is 10.5. The van der Waals surface area contributed by atoms with Crippen LogP contribution in [0.1, 0.15) is 18.1 Å². The third-order valence-electron chi connectivity index (χ3n) is 4.66. The SMILES string of the molecule is COc1cc(NC(=O)CN(Cc2ccccc2)Cc2ccccc2)ccc1NC(C)=O. The van der Waals surface area contributed by atoms with Crippen LogP contribution in [0.2, 0.25) is 0 Å². The van der Waals surface area contributed by atoms with Gasteiger partial charge in [-0.3, -0.25) is 14.5 Å². The Bertz CT molecular complexity index is 966. The Balaban J connectivity index is 1.70. The van der Waals surface area contributed by atoms with Crippen molar-refractivity contribution in [3.05, 3.63) is 90.0 Å². The number of methoxy groups -OCH3 is 1. The lowest BCUT2D eigenvalue weighted by Gasteiger charge is -2.22. The van der Waals surface area contributed by atoms with Crippen molar-refractivity contribution in [2.24, 2.45) is 0 Å². The number of rotatable bonds is 9. The van der Waals surface area contributed by atoms with Gasteiger partial charge in [-0.1, -0.05) is 60.7 Å². The molecule has 0 aliphatic rings. The molecule has 31 heavy (non-hydrogen) atoms. The highest BCUT2D eigenvalue weighted by molar-refractivity contribution is 5.94. The number of anilines is 2. The number of carbonyl (C=O) groups is 2. The van der Waals surface area contributed by atoms with Gasteiger partial charge in [-0.2, -0.15) is 0 Å². The highest BCUT2D eigenvalue weighted by Gasteiger charge is 2.14. The van der Waals surface area contributed by atoms with Crippen LogP contribution in [-0.4, -0.2) is 30.4 Å². The Labute approximate surface area is 182 Å². The van der Waals surface area contributed by atoms with Gasteiger partial charge < -0.3 is 15.4 Å².